The van der Waals surface area contributed by atoms with Crippen molar-refractivity contribution in [3.8, 4) is 0 Å². The van der Waals surface area contributed by atoms with Gasteiger partial charge in [0.2, 0.25) is 17.2 Å². The first-order valence-corrected chi connectivity index (χ1v) is 9.52. The average molecular weight is 396 g/mol. The molecule has 1 saturated heterocycles. The largest absolute Gasteiger partial charge is 0.444 e. The number of esters is 1. The lowest BCUT2D eigenvalue weighted by Gasteiger charge is -2.44. The molecule has 1 heterocycles. The van der Waals surface area contributed by atoms with Crippen LogP contribution in [-0.2, 0) is 23.8 Å². The summed E-state index contributed by atoms with van der Waals surface area (Å²) in [5, 5.41) is 21.7. The predicted octanol–water partition coefficient (Wildman–Crippen LogP) is 2.05. The van der Waals surface area contributed by atoms with Gasteiger partial charge in [-0.1, -0.05) is 25.5 Å². The number of fused-ring (bicyclic) bond motifs is 1. The van der Waals surface area contributed by atoms with E-state index in [-0.39, 0.29) is 18.8 Å². The van der Waals surface area contributed by atoms with Crippen molar-refractivity contribution in [1.82, 2.24) is 0 Å². The molecule has 2 N–H and O–H groups in total. The summed E-state index contributed by atoms with van der Waals surface area (Å²) in [5.41, 5.74) is -4.45. The zero-order valence-electron chi connectivity index (χ0n) is 17.7. The van der Waals surface area contributed by atoms with Gasteiger partial charge in [-0.2, -0.15) is 0 Å². The van der Waals surface area contributed by atoms with E-state index in [1.807, 2.05) is 13.8 Å². The number of ketones is 1. The fraction of sp³-hybridized carbons (Fsp3) is 0.714. The number of hydrogen-bond donors (Lipinski definition) is 2. The first-order chi connectivity index (χ1) is 12.7. The van der Waals surface area contributed by atoms with E-state index in [0.29, 0.717) is 0 Å². The molecule has 7 nitrogen and oxygen atoms in total. The summed E-state index contributed by atoms with van der Waals surface area (Å²) in [6.45, 7) is 9.96. The molecule has 7 heteroatoms. The Hall–Kier alpha value is -1.54. The van der Waals surface area contributed by atoms with Crippen molar-refractivity contribution in [2.24, 2.45) is 5.92 Å². The first kappa shape index (κ1) is 22.7. The zero-order chi connectivity index (χ0) is 21.5. The number of ether oxygens (including phenoxy) is 3. The van der Waals surface area contributed by atoms with Gasteiger partial charge in [-0.3, -0.25) is 9.59 Å². The van der Waals surface area contributed by atoms with Gasteiger partial charge in [0.15, 0.2) is 5.60 Å². The summed E-state index contributed by atoms with van der Waals surface area (Å²) in [4.78, 5) is 25.7. The van der Waals surface area contributed by atoms with Crippen molar-refractivity contribution in [2.75, 3.05) is 7.11 Å². The summed E-state index contributed by atoms with van der Waals surface area (Å²) in [7, 11) is 1.33. The molecule has 2 rings (SSSR count). The third-order valence-corrected chi connectivity index (χ3v) is 5.29. The topological polar surface area (TPSA) is 102 Å². The second-order valence-electron chi connectivity index (χ2n) is 8.90. The Morgan fingerprint density at radius 2 is 2.07 bits per heavy atom. The number of rotatable bonds is 6. The fourth-order valence-electron chi connectivity index (χ4n) is 3.85. The Bertz CT molecular complexity index is 698. The molecule has 28 heavy (non-hydrogen) atoms. The molecule has 1 aliphatic carbocycles. The quantitative estimate of drug-likeness (QED) is 0.523. The maximum Gasteiger partial charge on any atom is 0.307 e. The Labute approximate surface area is 166 Å². The summed E-state index contributed by atoms with van der Waals surface area (Å²) < 4.78 is 17.3. The summed E-state index contributed by atoms with van der Waals surface area (Å²) in [6, 6.07) is 0. The van der Waals surface area contributed by atoms with Crippen molar-refractivity contribution in [3.63, 3.8) is 0 Å². The van der Waals surface area contributed by atoms with Gasteiger partial charge in [0.05, 0.1) is 5.60 Å². The molecule has 0 bridgehead atoms. The second kappa shape index (κ2) is 7.37. The highest BCUT2D eigenvalue weighted by Crippen LogP contribution is 2.54. The van der Waals surface area contributed by atoms with Crippen LogP contribution in [0, 0.1) is 5.92 Å². The van der Waals surface area contributed by atoms with E-state index in [1.54, 1.807) is 20.8 Å². The molecule has 0 aromatic heterocycles. The van der Waals surface area contributed by atoms with Crippen LogP contribution < -0.4 is 0 Å². The van der Waals surface area contributed by atoms with Crippen LogP contribution in [0.5, 0.6) is 0 Å². The van der Waals surface area contributed by atoms with Gasteiger partial charge < -0.3 is 24.4 Å². The molecule has 1 fully saturated rings. The number of methoxy groups -OCH3 is 1. The average Bonchev–Trinajstić information content (AvgIpc) is 2.70. The molecule has 0 spiro atoms. The van der Waals surface area contributed by atoms with Crippen molar-refractivity contribution in [1.29, 1.82) is 0 Å². The van der Waals surface area contributed by atoms with E-state index in [0.717, 1.165) is 5.57 Å². The standard InChI is InChI=1S/C21H32O7/c1-13(2)10-17(23)28-21-15(22)11-14(3)12-16(21)27-20(26-7,19(21,6)25)9-8-18(4,5)24/h8-9,11,13,16,24-25H,10,12H2,1-7H3/t16-,19-,20+,21-/m0/s1. The number of carbonyl (C=O) groups is 2. The van der Waals surface area contributed by atoms with Crippen LogP contribution in [0.1, 0.15) is 54.4 Å². The van der Waals surface area contributed by atoms with E-state index in [4.69, 9.17) is 14.2 Å². The van der Waals surface area contributed by atoms with Crippen LogP contribution in [-0.4, -0.2) is 57.8 Å². The van der Waals surface area contributed by atoms with Crippen molar-refractivity contribution >= 4 is 11.8 Å². The highest BCUT2D eigenvalue weighted by molar-refractivity contribution is 6.02. The van der Waals surface area contributed by atoms with E-state index < -0.39 is 40.4 Å². The summed E-state index contributed by atoms with van der Waals surface area (Å²) in [6.07, 6.45) is 3.63. The minimum Gasteiger partial charge on any atom is -0.444 e. The second-order valence-corrected chi connectivity index (χ2v) is 8.90. The highest BCUT2D eigenvalue weighted by Gasteiger charge is 2.77. The SMILES string of the molecule is CO[C@]1(C=CC(C)(C)O)O[C@H]2CC(C)=CC(=O)[C@@]2(OC(=O)CC(C)C)[C@@]1(C)O. The number of aliphatic hydroxyl groups is 2. The van der Waals surface area contributed by atoms with Crippen LogP contribution >= 0.6 is 0 Å². The lowest BCUT2D eigenvalue weighted by Crippen LogP contribution is -2.68. The third kappa shape index (κ3) is 3.68. The van der Waals surface area contributed by atoms with E-state index in [2.05, 4.69) is 0 Å². The lowest BCUT2D eigenvalue weighted by molar-refractivity contribution is -0.251. The van der Waals surface area contributed by atoms with Gasteiger partial charge in [0.1, 0.15) is 6.10 Å². The van der Waals surface area contributed by atoms with Gasteiger partial charge in [0.25, 0.3) is 0 Å². The fourth-order valence-corrected chi connectivity index (χ4v) is 3.85. The van der Waals surface area contributed by atoms with Crippen molar-refractivity contribution in [3.05, 3.63) is 23.8 Å². The third-order valence-electron chi connectivity index (χ3n) is 5.29. The summed E-state index contributed by atoms with van der Waals surface area (Å²) >= 11 is 0. The normalized spacial score (nSPS) is 36.0. The van der Waals surface area contributed by atoms with Crippen molar-refractivity contribution in [2.45, 2.75) is 83.1 Å². The van der Waals surface area contributed by atoms with Crippen LogP contribution in [0.25, 0.3) is 0 Å². The Balaban J connectivity index is 2.60. The summed E-state index contributed by atoms with van der Waals surface area (Å²) in [5.74, 6) is -2.90. The molecule has 2 aliphatic rings. The first-order valence-electron chi connectivity index (χ1n) is 9.52. The van der Waals surface area contributed by atoms with Gasteiger partial charge in [-0.15, -0.1) is 0 Å². The molecular formula is C21H32O7. The van der Waals surface area contributed by atoms with Crippen LogP contribution in [0.2, 0.25) is 0 Å². The van der Waals surface area contributed by atoms with Crippen LogP contribution in [0.15, 0.2) is 23.8 Å². The Morgan fingerprint density at radius 3 is 2.57 bits per heavy atom. The lowest BCUT2D eigenvalue weighted by atomic mass is 9.70. The molecule has 0 unspecified atom stereocenters. The van der Waals surface area contributed by atoms with Crippen molar-refractivity contribution < 1.29 is 34.0 Å². The van der Waals surface area contributed by atoms with Crippen LogP contribution in [0.4, 0.5) is 0 Å². The Morgan fingerprint density at radius 1 is 1.46 bits per heavy atom. The van der Waals surface area contributed by atoms with E-state index >= 15 is 0 Å². The maximum absolute atomic E-state index is 13.1. The molecule has 0 aromatic carbocycles. The predicted molar refractivity (Wildman–Crippen MR) is 102 cm³/mol. The van der Waals surface area contributed by atoms with Gasteiger partial charge in [0, 0.05) is 13.5 Å². The van der Waals surface area contributed by atoms with Gasteiger partial charge >= 0.3 is 5.97 Å². The Kier molecular flexibility index (Phi) is 5.99. The molecule has 0 amide bonds. The zero-order valence-corrected chi connectivity index (χ0v) is 17.7. The molecule has 0 saturated carbocycles. The minimum atomic E-state index is -2.04. The number of hydrogen-bond acceptors (Lipinski definition) is 7. The smallest absolute Gasteiger partial charge is 0.307 e. The maximum atomic E-state index is 13.1. The molecule has 0 aromatic rings. The van der Waals surface area contributed by atoms with Gasteiger partial charge in [-0.25, -0.2) is 0 Å². The van der Waals surface area contributed by atoms with E-state index in [9.17, 15) is 19.8 Å². The van der Waals surface area contributed by atoms with Crippen LogP contribution in [0.3, 0.4) is 0 Å². The number of carbonyl (C=O) groups excluding carboxylic acids is 2. The minimum absolute atomic E-state index is 0.0212. The molecule has 1 aliphatic heterocycles. The molecule has 158 valence electrons. The molecule has 4 atom stereocenters. The highest BCUT2D eigenvalue weighted by atomic mass is 16.7. The van der Waals surface area contributed by atoms with E-state index in [1.165, 1.54) is 32.3 Å². The molecule has 0 radical (unpaired) electrons. The monoisotopic (exact) mass is 396 g/mol. The van der Waals surface area contributed by atoms with Gasteiger partial charge in [-0.05, 0) is 52.2 Å². The molecular weight excluding hydrogens is 364 g/mol.